The Balaban J connectivity index is 1.76. The van der Waals surface area contributed by atoms with Gasteiger partial charge in [0.25, 0.3) is 0 Å². The summed E-state index contributed by atoms with van der Waals surface area (Å²) in [5, 5.41) is 0. The van der Waals surface area contributed by atoms with Crippen molar-refractivity contribution in [2.45, 2.75) is 20.2 Å². The summed E-state index contributed by atoms with van der Waals surface area (Å²) in [6, 6.07) is 17.0. The fourth-order valence-corrected chi connectivity index (χ4v) is 6.87. The van der Waals surface area contributed by atoms with Gasteiger partial charge >= 0.3 is 20.4 Å². The van der Waals surface area contributed by atoms with Crippen LogP contribution < -0.4 is 11.5 Å². The first-order valence-corrected chi connectivity index (χ1v) is 9.62. The van der Waals surface area contributed by atoms with Crippen molar-refractivity contribution in [2.75, 3.05) is 0 Å². The van der Waals surface area contributed by atoms with E-state index in [1.165, 1.54) is 22.3 Å². The predicted octanol–water partition coefficient (Wildman–Crippen LogP) is 3.15. The normalized spacial score (nSPS) is 27.9. The molecular weight excluding hydrogens is 293 g/mol. The van der Waals surface area contributed by atoms with Crippen molar-refractivity contribution in [3.05, 3.63) is 82.9 Å². The lowest BCUT2D eigenvalue weighted by molar-refractivity contribution is 0.554. The monoisotopic (exact) mass is 312 g/mol. The average Bonchev–Trinajstić information content (AvgIpc) is 2.55. The van der Waals surface area contributed by atoms with Crippen molar-refractivity contribution in [3.8, 4) is 0 Å². The first kappa shape index (κ1) is 15.2. The van der Waals surface area contributed by atoms with Crippen LogP contribution in [0.4, 0.5) is 0 Å². The SMILES string of the molecule is N[C]1([Mg][C]2(N)CC=Cc3ccccc32)CC=Cc2ccccc21. The molecule has 4 N–H and O–H groups in total. The highest BCUT2D eigenvalue weighted by Crippen LogP contribution is 2.38. The fraction of sp³-hybridized carbons (Fsp3) is 0.200. The molecule has 0 spiro atoms. The van der Waals surface area contributed by atoms with E-state index in [4.69, 9.17) is 11.5 Å². The molecule has 0 amide bonds. The van der Waals surface area contributed by atoms with E-state index in [0.29, 0.717) is 0 Å². The van der Waals surface area contributed by atoms with Crippen molar-refractivity contribution in [3.63, 3.8) is 0 Å². The topological polar surface area (TPSA) is 52.0 Å². The third-order valence-corrected chi connectivity index (χ3v) is 7.79. The van der Waals surface area contributed by atoms with Gasteiger partial charge in [-0.25, -0.2) is 0 Å². The van der Waals surface area contributed by atoms with Crippen LogP contribution in [0.2, 0.25) is 0 Å². The molecule has 0 aliphatic heterocycles. The lowest BCUT2D eigenvalue weighted by Gasteiger charge is -2.42. The van der Waals surface area contributed by atoms with E-state index in [9.17, 15) is 0 Å². The maximum atomic E-state index is 6.95. The summed E-state index contributed by atoms with van der Waals surface area (Å²) in [6.07, 6.45) is 10.6. The Morgan fingerprint density at radius 1 is 0.696 bits per heavy atom. The molecule has 4 rings (SSSR count). The van der Waals surface area contributed by atoms with Crippen LogP contribution in [0.15, 0.2) is 60.7 Å². The quantitative estimate of drug-likeness (QED) is 0.837. The van der Waals surface area contributed by atoms with Gasteiger partial charge in [-0.05, 0) is 35.1 Å². The molecule has 0 heterocycles. The van der Waals surface area contributed by atoms with Crippen molar-refractivity contribution in [1.82, 2.24) is 0 Å². The summed E-state index contributed by atoms with van der Waals surface area (Å²) >= 11 is -0.837. The van der Waals surface area contributed by atoms with E-state index in [-0.39, 0.29) is 7.34 Å². The summed E-state index contributed by atoms with van der Waals surface area (Å²) in [6.45, 7) is 0. The maximum absolute atomic E-state index is 6.95. The van der Waals surface area contributed by atoms with Crippen LogP contribution in [0.25, 0.3) is 12.2 Å². The molecule has 3 heteroatoms. The van der Waals surface area contributed by atoms with Gasteiger partial charge in [0.05, 0.1) is 0 Å². The Kier molecular flexibility index (Phi) is 3.69. The molecule has 2 unspecified atom stereocenters. The van der Waals surface area contributed by atoms with E-state index in [1.54, 1.807) is 0 Å². The molecule has 2 aromatic carbocycles. The zero-order valence-corrected chi connectivity index (χ0v) is 14.6. The minimum atomic E-state index is -0.837. The van der Waals surface area contributed by atoms with Crippen LogP contribution in [0.3, 0.4) is 0 Å². The van der Waals surface area contributed by atoms with Gasteiger partial charge in [0, 0.05) is 0 Å². The molecular formula is C20H20MgN2. The summed E-state index contributed by atoms with van der Waals surface area (Å²) in [5.74, 6) is 0. The highest BCUT2D eigenvalue weighted by atomic mass is 24.5. The van der Waals surface area contributed by atoms with Gasteiger partial charge in [-0.15, -0.1) is 0 Å². The lowest BCUT2D eigenvalue weighted by Crippen LogP contribution is -2.57. The van der Waals surface area contributed by atoms with E-state index in [1.807, 2.05) is 0 Å². The molecule has 0 radical (unpaired) electrons. The molecule has 0 aromatic heterocycles. The fourth-order valence-electron chi connectivity index (χ4n) is 4.10. The van der Waals surface area contributed by atoms with Crippen molar-refractivity contribution in [2.24, 2.45) is 11.5 Å². The van der Waals surface area contributed by atoms with Crippen molar-refractivity contribution < 1.29 is 0 Å². The number of hydrogen-bond acceptors (Lipinski definition) is 2. The Bertz CT molecular complexity index is 743. The molecule has 2 atom stereocenters. The molecule has 0 fully saturated rings. The number of hydrogen-bond donors (Lipinski definition) is 2. The van der Waals surface area contributed by atoms with E-state index < -0.39 is 20.4 Å². The predicted molar refractivity (Wildman–Crippen MR) is 97.7 cm³/mol. The second-order valence-corrected chi connectivity index (χ2v) is 9.75. The summed E-state index contributed by atoms with van der Waals surface area (Å²) in [4.78, 5) is 0. The summed E-state index contributed by atoms with van der Waals surface area (Å²) < 4.78 is -0.559. The molecule has 2 aliphatic carbocycles. The van der Waals surface area contributed by atoms with Gasteiger partial charge < -0.3 is 11.5 Å². The van der Waals surface area contributed by atoms with E-state index in [0.717, 1.165) is 12.8 Å². The highest BCUT2D eigenvalue weighted by Gasteiger charge is 2.43. The van der Waals surface area contributed by atoms with Crippen LogP contribution >= 0.6 is 0 Å². The minimum Gasteiger partial charge on any atom is -0.345 e. The highest BCUT2D eigenvalue weighted by molar-refractivity contribution is 6.44. The van der Waals surface area contributed by atoms with Crippen LogP contribution in [0, 0.1) is 0 Å². The zero-order valence-electron chi connectivity index (χ0n) is 13.2. The zero-order chi connectivity index (χ0) is 15.9. The number of fused-ring (bicyclic) bond motifs is 2. The Hall–Kier alpha value is -1.39. The van der Waals surface area contributed by atoms with Crippen molar-refractivity contribution in [1.29, 1.82) is 0 Å². The van der Waals surface area contributed by atoms with Gasteiger partial charge in [-0.1, -0.05) is 80.2 Å². The summed E-state index contributed by atoms with van der Waals surface area (Å²) in [5.41, 5.74) is 18.9. The van der Waals surface area contributed by atoms with E-state index >= 15 is 0 Å². The first-order valence-electron chi connectivity index (χ1n) is 8.21. The molecule has 2 aromatic rings. The number of nitrogens with two attached hydrogens (primary N) is 2. The maximum Gasteiger partial charge on any atom is 0.441 e. The van der Waals surface area contributed by atoms with Crippen LogP contribution in [-0.4, -0.2) is 20.4 Å². The molecule has 2 nitrogen and oxygen atoms in total. The minimum absolute atomic E-state index is 0.279. The van der Waals surface area contributed by atoms with Crippen molar-refractivity contribution >= 4 is 32.5 Å². The van der Waals surface area contributed by atoms with Crippen LogP contribution in [0.1, 0.15) is 35.1 Å². The Morgan fingerprint density at radius 2 is 1.13 bits per heavy atom. The Morgan fingerprint density at radius 3 is 1.61 bits per heavy atom. The van der Waals surface area contributed by atoms with Gasteiger partial charge in [-0.3, -0.25) is 0 Å². The lowest BCUT2D eigenvalue weighted by atomic mass is 9.91. The molecule has 23 heavy (non-hydrogen) atoms. The van der Waals surface area contributed by atoms with Gasteiger partial charge in [0.2, 0.25) is 0 Å². The molecule has 0 saturated heterocycles. The number of rotatable bonds is 2. The van der Waals surface area contributed by atoms with Crippen LogP contribution in [0.5, 0.6) is 0 Å². The first-order chi connectivity index (χ1) is 11.1. The standard InChI is InChI=1S/2C10H10N.Mg/c2*11-10-7-3-5-8-4-1-2-6-9(8)10;/h2*1-6H,7,11H2;. The molecule has 0 bridgehead atoms. The Labute approximate surface area is 147 Å². The molecule has 112 valence electrons. The number of benzene rings is 2. The molecule has 2 aliphatic rings. The smallest absolute Gasteiger partial charge is 0.345 e. The average molecular weight is 313 g/mol. The van der Waals surface area contributed by atoms with Gasteiger partial charge in [0.1, 0.15) is 0 Å². The van der Waals surface area contributed by atoms with Gasteiger partial charge in [0.15, 0.2) is 0 Å². The van der Waals surface area contributed by atoms with Crippen LogP contribution in [-0.2, 0) is 7.34 Å². The largest absolute Gasteiger partial charge is 0.441 e. The summed E-state index contributed by atoms with van der Waals surface area (Å²) in [7, 11) is 0. The van der Waals surface area contributed by atoms with Gasteiger partial charge in [-0.2, -0.15) is 0 Å². The van der Waals surface area contributed by atoms with E-state index in [2.05, 4.69) is 72.8 Å². The second kappa shape index (κ2) is 5.60. The molecule has 0 saturated carbocycles. The third kappa shape index (κ3) is 2.58. The third-order valence-electron chi connectivity index (χ3n) is 5.18. The second-order valence-electron chi connectivity index (χ2n) is 6.88.